The fourth-order valence-corrected chi connectivity index (χ4v) is 2.90. The highest BCUT2D eigenvalue weighted by molar-refractivity contribution is 9.09. The third kappa shape index (κ3) is 4.59. The minimum atomic E-state index is -4.31. The van der Waals surface area contributed by atoms with Crippen LogP contribution < -0.4 is 0 Å². The number of carbonyl (C=O) groups is 1. The van der Waals surface area contributed by atoms with Gasteiger partial charge in [-0.3, -0.25) is 4.79 Å². The van der Waals surface area contributed by atoms with Crippen molar-refractivity contribution in [2.75, 3.05) is 0 Å². The van der Waals surface area contributed by atoms with Crippen molar-refractivity contribution in [1.29, 1.82) is 0 Å². The molecule has 0 heterocycles. The van der Waals surface area contributed by atoms with Crippen molar-refractivity contribution >= 4 is 49.4 Å². The molecule has 0 aliphatic heterocycles. The molecule has 1 atom stereocenters. The van der Waals surface area contributed by atoms with E-state index in [2.05, 4.69) is 31.9 Å². The smallest absolute Gasteiger partial charge is 0.298 e. The third-order valence-electron chi connectivity index (χ3n) is 2.12. The quantitative estimate of drug-likeness (QED) is 0.504. The van der Waals surface area contributed by atoms with E-state index in [0.29, 0.717) is 16.5 Å². The van der Waals surface area contributed by atoms with Gasteiger partial charge in [-0.05, 0) is 41.9 Å². The van der Waals surface area contributed by atoms with Crippen LogP contribution in [0, 0.1) is 0 Å². The van der Waals surface area contributed by atoms with Crippen LogP contribution in [0.5, 0.6) is 0 Å². The fourth-order valence-electron chi connectivity index (χ4n) is 1.36. The molecule has 100 valence electrons. The number of hydrogen-bond donors (Lipinski definition) is 0. The van der Waals surface area contributed by atoms with Crippen LogP contribution in [0.15, 0.2) is 23.1 Å². The molecule has 0 aliphatic carbocycles. The summed E-state index contributed by atoms with van der Waals surface area (Å²) in [5.41, 5.74) is -2.95. The van der Waals surface area contributed by atoms with Crippen molar-refractivity contribution in [3.05, 3.63) is 29.3 Å². The lowest BCUT2D eigenvalue weighted by atomic mass is 10.0. The van der Waals surface area contributed by atoms with Crippen LogP contribution in [0.1, 0.15) is 22.9 Å². The van der Waals surface area contributed by atoms with Crippen molar-refractivity contribution in [3.63, 3.8) is 0 Å². The van der Waals surface area contributed by atoms with Crippen LogP contribution in [-0.2, 0) is 10.1 Å². The van der Waals surface area contributed by atoms with Gasteiger partial charge in [0.1, 0.15) is 5.78 Å². The van der Waals surface area contributed by atoms with Crippen molar-refractivity contribution < 1.29 is 18.0 Å². The summed E-state index contributed by atoms with van der Waals surface area (Å²) in [4.78, 5) is 10.9. The lowest BCUT2D eigenvalue weighted by molar-refractivity contribution is -0.116. The molecule has 1 aromatic rings. The van der Waals surface area contributed by atoms with E-state index >= 15 is 0 Å². The summed E-state index contributed by atoms with van der Waals surface area (Å²) >= 11 is 6.28. The van der Waals surface area contributed by atoms with Crippen LogP contribution in [0.3, 0.4) is 0 Å². The van der Waals surface area contributed by atoms with E-state index in [1.54, 1.807) is 6.07 Å². The lowest BCUT2D eigenvalue weighted by Gasteiger charge is -2.13. The van der Waals surface area contributed by atoms with Gasteiger partial charge in [0.15, 0.2) is 0 Å². The normalized spacial score (nSPS) is 13.4. The summed E-state index contributed by atoms with van der Waals surface area (Å²) in [7, 11) is 0. The highest BCUT2D eigenvalue weighted by atomic mass is 79.9. The monoisotopic (exact) mass is 404 g/mol. The zero-order valence-electron chi connectivity index (χ0n) is 9.22. The molecule has 7 heteroatoms. The Bertz CT molecular complexity index is 448. The predicted octanol–water partition coefficient (Wildman–Crippen LogP) is 5.22. The second-order valence-corrected chi connectivity index (χ2v) is 6.13. The number of carbonyl (C=O) groups excluding carboxylic acids is 1. The highest BCUT2D eigenvalue weighted by Gasteiger charge is 2.29. The topological polar surface area (TPSA) is 17.1 Å². The Morgan fingerprint density at radius 1 is 1.44 bits per heavy atom. The summed E-state index contributed by atoms with van der Waals surface area (Å²) < 4.78 is 36.8. The van der Waals surface area contributed by atoms with Crippen LogP contribution >= 0.6 is 43.6 Å². The Morgan fingerprint density at radius 3 is 2.50 bits per heavy atom. The van der Waals surface area contributed by atoms with Gasteiger partial charge in [-0.25, -0.2) is 0 Å². The van der Waals surface area contributed by atoms with E-state index in [0.717, 1.165) is 0 Å². The van der Waals surface area contributed by atoms with E-state index < -0.39 is 10.3 Å². The number of benzene rings is 1. The summed E-state index contributed by atoms with van der Waals surface area (Å²) in [5.74, 6) is -0.0894. The molecular formula is C11H9Br2F3OS. The van der Waals surface area contributed by atoms with Crippen LogP contribution in [0.4, 0.5) is 13.2 Å². The number of thioether (sulfide) groups is 1. The van der Waals surface area contributed by atoms with Gasteiger partial charge >= 0.3 is 5.51 Å². The maximum absolute atomic E-state index is 12.3. The molecule has 0 saturated heterocycles. The molecule has 0 aliphatic rings. The standard InChI is InChI=1S/C11H9Br2F3OS/c1-6(17)10(13)9-3-2-8(4-7(9)5-12)18-11(14,15)16/h2-4,10H,5H2,1H3. The van der Waals surface area contributed by atoms with Gasteiger partial charge in [-0.15, -0.1) is 0 Å². The molecule has 1 rings (SSSR count). The largest absolute Gasteiger partial charge is 0.446 e. The molecule has 0 radical (unpaired) electrons. The minimum Gasteiger partial charge on any atom is -0.298 e. The van der Waals surface area contributed by atoms with Gasteiger partial charge in [0.25, 0.3) is 0 Å². The first-order chi connectivity index (χ1) is 8.24. The Hall–Kier alpha value is -0.0100. The Morgan fingerprint density at radius 2 is 2.06 bits per heavy atom. The van der Waals surface area contributed by atoms with Crippen molar-refractivity contribution in [3.8, 4) is 0 Å². The minimum absolute atomic E-state index is 0.0894. The van der Waals surface area contributed by atoms with Gasteiger partial charge in [0.2, 0.25) is 0 Å². The van der Waals surface area contributed by atoms with Crippen LogP contribution in [0.25, 0.3) is 0 Å². The van der Waals surface area contributed by atoms with Crippen LogP contribution in [0.2, 0.25) is 0 Å². The Labute approximate surface area is 124 Å². The highest BCUT2D eigenvalue weighted by Crippen LogP contribution is 2.39. The molecule has 1 aromatic carbocycles. The number of ketones is 1. The molecule has 0 spiro atoms. The maximum atomic E-state index is 12.3. The molecule has 0 saturated carbocycles. The van der Waals surface area contributed by atoms with E-state index in [1.165, 1.54) is 19.1 Å². The Kier molecular flexibility index (Phi) is 5.73. The first kappa shape index (κ1) is 16.0. The zero-order chi connectivity index (χ0) is 13.9. The molecule has 0 fully saturated rings. The van der Waals surface area contributed by atoms with Crippen molar-refractivity contribution in [2.24, 2.45) is 0 Å². The molecule has 0 bridgehead atoms. The van der Waals surface area contributed by atoms with Gasteiger partial charge < -0.3 is 0 Å². The molecule has 0 amide bonds. The number of halogens is 5. The second kappa shape index (κ2) is 6.43. The van der Waals surface area contributed by atoms with Crippen molar-refractivity contribution in [1.82, 2.24) is 0 Å². The molecular weight excluding hydrogens is 397 g/mol. The van der Waals surface area contributed by atoms with E-state index in [9.17, 15) is 18.0 Å². The predicted molar refractivity (Wildman–Crippen MR) is 73.3 cm³/mol. The third-order valence-corrected chi connectivity index (χ3v) is 4.59. The molecule has 1 unspecified atom stereocenters. The number of alkyl halides is 5. The summed E-state index contributed by atoms with van der Waals surface area (Å²) in [5, 5.41) is 0.393. The summed E-state index contributed by atoms with van der Waals surface area (Å²) in [6.45, 7) is 1.43. The Balaban J connectivity index is 3.07. The second-order valence-electron chi connectivity index (χ2n) is 3.52. The van der Waals surface area contributed by atoms with E-state index in [-0.39, 0.29) is 22.4 Å². The number of rotatable bonds is 4. The molecule has 0 aromatic heterocycles. The first-order valence-electron chi connectivity index (χ1n) is 4.83. The maximum Gasteiger partial charge on any atom is 0.446 e. The van der Waals surface area contributed by atoms with E-state index in [4.69, 9.17) is 0 Å². The SMILES string of the molecule is CC(=O)C(Br)c1ccc(SC(F)(F)F)cc1CBr. The average molecular weight is 406 g/mol. The van der Waals surface area contributed by atoms with Crippen LogP contribution in [-0.4, -0.2) is 11.3 Å². The van der Waals surface area contributed by atoms with Gasteiger partial charge in [0.05, 0.1) is 4.83 Å². The molecule has 18 heavy (non-hydrogen) atoms. The number of Topliss-reactive ketones (excluding diaryl/α,β-unsaturated/α-hetero) is 1. The van der Waals surface area contributed by atoms with E-state index in [1.807, 2.05) is 0 Å². The van der Waals surface area contributed by atoms with Gasteiger partial charge in [-0.1, -0.05) is 37.9 Å². The first-order valence-corrected chi connectivity index (χ1v) is 7.69. The number of hydrogen-bond acceptors (Lipinski definition) is 2. The van der Waals surface area contributed by atoms with Crippen molar-refractivity contribution in [2.45, 2.75) is 27.5 Å². The fraction of sp³-hybridized carbons (Fsp3) is 0.364. The van der Waals surface area contributed by atoms with Gasteiger partial charge in [0, 0.05) is 10.2 Å². The molecule has 0 N–H and O–H groups in total. The summed E-state index contributed by atoms with van der Waals surface area (Å²) in [6.07, 6.45) is 0. The molecule has 1 nitrogen and oxygen atoms in total. The lowest BCUT2D eigenvalue weighted by Crippen LogP contribution is -2.05. The average Bonchev–Trinajstić information content (AvgIpc) is 2.25. The summed E-state index contributed by atoms with van der Waals surface area (Å²) in [6, 6.07) is 4.36. The zero-order valence-corrected chi connectivity index (χ0v) is 13.2. The van der Waals surface area contributed by atoms with Gasteiger partial charge in [-0.2, -0.15) is 13.2 Å².